The smallest absolute Gasteiger partial charge is 0.0378 e. The van der Waals surface area contributed by atoms with Crippen LogP contribution < -0.4 is 0 Å². The molecule has 0 rings (SSSR count). The maximum Gasteiger partial charge on any atom is 0.0378 e. The molecule has 2 heteroatoms. The van der Waals surface area contributed by atoms with E-state index in [0.29, 0.717) is 0 Å². The van der Waals surface area contributed by atoms with Crippen LogP contribution in [0.25, 0.3) is 0 Å². The molecule has 0 aliphatic heterocycles. The number of hydrogen-bond acceptors (Lipinski definition) is 0. The molecule has 0 aliphatic rings. The SMILES string of the molecule is CCC[SiH2]CCl. The summed E-state index contributed by atoms with van der Waals surface area (Å²) in [6, 6.07) is 1.42. The van der Waals surface area contributed by atoms with Crippen LogP contribution in [0.3, 0.4) is 0 Å². The first-order valence-corrected chi connectivity index (χ1v) is 5.01. The van der Waals surface area contributed by atoms with Crippen LogP contribution in [0.2, 0.25) is 6.04 Å². The zero-order valence-electron chi connectivity index (χ0n) is 4.21. The molecular formula is C4H11ClSi. The Morgan fingerprint density at radius 1 is 1.67 bits per heavy atom. The van der Waals surface area contributed by atoms with Gasteiger partial charge < -0.3 is 0 Å². The highest BCUT2D eigenvalue weighted by Gasteiger charge is 1.78. The van der Waals surface area contributed by atoms with E-state index in [1.54, 1.807) is 0 Å². The summed E-state index contributed by atoms with van der Waals surface area (Å²) in [7, 11) is 0.187. The van der Waals surface area contributed by atoms with Gasteiger partial charge in [0, 0.05) is 15.0 Å². The Kier molecular flexibility index (Phi) is 5.97. The molecule has 6 heavy (non-hydrogen) atoms. The summed E-state index contributed by atoms with van der Waals surface area (Å²) in [6.45, 7) is 2.21. The third-order valence-electron chi connectivity index (χ3n) is 0.737. The van der Waals surface area contributed by atoms with E-state index < -0.39 is 0 Å². The number of halogens is 1. The summed E-state index contributed by atoms with van der Waals surface area (Å²) < 4.78 is 0. The molecule has 0 N–H and O–H groups in total. The van der Waals surface area contributed by atoms with Crippen molar-refractivity contribution in [2.24, 2.45) is 0 Å². The molecule has 0 radical (unpaired) electrons. The molecule has 0 spiro atoms. The maximum atomic E-state index is 5.44. The van der Waals surface area contributed by atoms with Crippen molar-refractivity contribution in [2.45, 2.75) is 19.4 Å². The van der Waals surface area contributed by atoms with Gasteiger partial charge in [-0.15, -0.1) is 11.6 Å². The first kappa shape index (κ1) is 6.51. The second-order valence-corrected chi connectivity index (χ2v) is 4.32. The normalized spacial score (nSPS) is 11.0. The fourth-order valence-corrected chi connectivity index (χ4v) is 1.60. The fraction of sp³-hybridized carbons (Fsp3) is 1.00. The van der Waals surface area contributed by atoms with Crippen molar-refractivity contribution in [3.63, 3.8) is 0 Å². The van der Waals surface area contributed by atoms with Crippen molar-refractivity contribution in [3.8, 4) is 0 Å². The molecule has 0 atom stereocenters. The predicted octanol–water partition coefficient (Wildman–Crippen LogP) is 1.18. The van der Waals surface area contributed by atoms with Crippen LogP contribution in [-0.2, 0) is 0 Å². The van der Waals surface area contributed by atoms with Gasteiger partial charge in [-0.3, -0.25) is 0 Å². The standard InChI is InChI=1S/C4H11ClSi/c1-2-3-6-4-5/h2-4,6H2,1H3. The Labute approximate surface area is 46.7 Å². The number of hydrogen-bond donors (Lipinski definition) is 0. The largest absolute Gasteiger partial charge is 0.131 e. The van der Waals surface area contributed by atoms with Crippen LogP contribution in [-0.4, -0.2) is 15.0 Å². The van der Waals surface area contributed by atoms with Crippen LogP contribution in [0, 0.1) is 0 Å². The van der Waals surface area contributed by atoms with Crippen LogP contribution in [0.4, 0.5) is 0 Å². The first-order chi connectivity index (χ1) is 2.91. The summed E-state index contributed by atoms with van der Waals surface area (Å²) in [5, 5.41) is 0. The molecule has 0 heterocycles. The van der Waals surface area contributed by atoms with Gasteiger partial charge in [0.2, 0.25) is 0 Å². The average Bonchev–Trinajstić information content (AvgIpc) is 1.61. The van der Waals surface area contributed by atoms with Crippen molar-refractivity contribution in [1.82, 2.24) is 0 Å². The Balaban J connectivity index is 2.34. The minimum atomic E-state index is 0.187. The molecule has 0 aromatic carbocycles. The van der Waals surface area contributed by atoms with E-state index in [4.69, 9.17) is 11.6 Å². The van der Waals surface area contributed by atoms with Crippen LogP contribution >= 0.6 is 11.6 Å². The van der Waals surface area contributed by atoms with Crippen molar-refractivity contribution >= 4 is 21.1 Å². The molecule has 0 aromatic rings. The highest BCUT2D eigenvalue weighted by molar-refractivity contribution is 6.50. The second-order valence-electron chi connectivity index (χ2n) is 1.40. The van der Waals surface area contributed by atoms with E-state index >= 15 is 0 Å². The van der Waals surface area contributed by atoms with E-state index in [0.717, 1.165) is 5.50 Å². The molecule has 0 bridgehead atoms. The zero-order valence-corrected chi connectivity index (χ0v) is 6.38. The lowest BCUT2D eigenvalue weighted by Crippen LogP contribution is -1.87. The van der Waals surface area contributed by atoms with Gasteiger partial charge in [0.25, 0.3) is 0 Å². The summed E-state index contributed by atoms with van der Waals surface area (Å²) in [4.78, 5) is 0. The summed E-state index contributed by atoms with van der Waals surface area (Å²) in [6.07, 6.45) is 1.33. The van der Waals surface area contributed by atoms with Gasteiger partial charge >= 0.3 is 0 Å². The van der Waals surface area contributed by atoms with E-state index in [2.05, 4.69) is 6.92 Å². The van der Waals surface area contributed by atoms with Crippen molar-refractivity contribution in [3.05, 3.63) is 0 Å². The van der Waals surface area contributed by atoms with E-state index in [9.17, 15) is 0 Å². The van der Waals surface area contributed by atoms with Gasteiger partial charge in [0.15, 0.2) is 0 Å². The minimum absolute atomic E-state index is 0.187. The van der Waals surface area contributed by atoms with E-state index in [1.807, 2.05) is 0 Å². The van der Waals surface area contributed by atoms with Gasteiger partial charge in [-0.2, -0.15) is 0 Å². The Morgan fingerprint density at radius 3 is 2.50 bits per heavy atom. The molecule has 0 aromatic heterocycles. The van der Waals surface area contributed by atoms with Crippen molar-refractivity contribution < 1.29 is 0 Å². The lowest BCUT2D eigenvalue weighted by atomic mass is 10.6. The number of rotatable bonds is 3. The molecular weight excluding hydrogens is 112 g/mol. The molecule has 0 saturated carbocycles. The maximum absolute atomic E-state index is 5.44. The molecule has 0 saturated heterocycles. The molecule has 0 unspecified atom stereocenters. The van der Waals surface area contributed by atoms with Gasteiger partial charge in [0.1, 0.15) is 0 Å². The third kappa shape index (κ3) is 4.51. The van der Waals surface area contributed by atoms with Gasteiger partial charge in [-0.05, 0) is 0 Å². The van der Waals surface area contributed by atoms with Crippen LogP contribution in [0.1, 0.15) is 13.3 Å². The Hall–Kier alpha value is 0.507. The monoisotopic (exact) mass is 122 g/mol. The summed E-state index contributed by atoms with van der Waals surface area (Å²) >= 11 is 5.44. The van der Waals surface area contributed by atoms with E-state index in [1.165, 1.54) is 12.5 Å². The number of alkyl halides is 1. The second kappa shape index (κ2) is 5.51. The van der Waals surface area contributed by atoms with Crippen LogP contribution in [0.5, 0.6) is 0 Å². The molecule has 0 amide bonds. The van der Waals surface area contributed by atoms with Gasteiger partial charge in [-0.25, -0.2) is 0 Å². The lowest BCUT2D eigenvalue weighted by Gasteiger charge is -1.83. The third-order valence-corrected chi connectivity index (χ3v) is 3.01. The first-order valence-electron chi connectivity index (χ1n) is 2.47. The fourth-order valence-electron chi connectivity index (χ4n) is 0.344. The predicted molar refractivity (Wildman–Crippen MR) is 34.4 cm³/mol. The minimum Gasteiger partial charge on any atom is -0.131 e. The summed E-state index contributed by atoms with van der Waals surface area (Å²) in [5.41, 5.74) is 0.966. The van der Waals surface area contributed by atoms with Crippen molar-refractivity contribution in [1.29, 1.82) is 0 Å². The Morgan fingerprint density at radius 2 is 2.33 bits per heavy atom. The molecule has 38 valence electrons. The Bertz CT molecular complexity index is 19.5. The van der Waals surface area contributed by atoms with E-state index in [-0.39, 0.29) is 9.52 Å². The van der Waals surface area contributed by atoms with Crippen LogP contribution in [0.15, 0.2) is 0 Å². The zero-order chi connectivity index (χ0) is 4.83. The quantitative estimate of drug-likeness (QED) is 0.300. The van der Waals surface area contributed by atoms with Crippen molar-refractivity contribution in [2.75, 3.05) is 5.50 Å². The molecule has 0 nitrogen and oxygen atoms in total. The average molecular weight is 123 g/mol. The van der Waals surface area contributed by atoms with Gasteiger partial charge in [-0.1, -0.05) is 19.4 Å². The highest BCUT2D eigenvalue weighted by atomic mass is 35.5. The molecule has 0 fully saturated rings. The molecule has 0 aliphatic carbocycles. The summed E-state index contributed by atoms with van der Waals surface area (Å²) in [5.74, 6) is 0. The topological polar surface area (TPSA) is 0 Å². The van der Waals surface area contributed by atoms with Gasteiger partial charge in [0.05, 0.1) is 0 Å². The highest BCUT2D eigenvalue weighted by Crippen LogP contribution is 1.85. The lowest BCUT2D eigenvalue weighted by molar-refractivity contribution is 1.07.